The number of para-hydroxylation sites is 1. The van der Waals surface area contributed by atoms with Crippen molar-refractivity contribution in [3.63, 3.8) is 0 Å². The first-order valence-electron chi connectivity index (χ1n) is 9.17. The molecular formula is C22H22N6. The maximum absolute atomic E-state index is 4.52. The average molecular weight is 370 g/mol. The second-order valence-corrected chi connectivity index (χ2v) is 7.62. The van der Waals surface area contributed by atoms with E-state index in [-0.39, 0.29) is 5.41 Å². The van der Waals surface area contributed by atoms with E-state index >= 15 is 0 Å². The van der Waals surface area contributed by atoms with Crippen molar-refractivity contribution in [1.29, 1.82) is 0 Å². The number of nitrogens with one attached hydrogen (secondary N) is 2. The van der Waals surface area contributed by atoms with Gasteiger partial charge in [0.1, 0.15) is 0 Å². The molecule has 6 heteroatoms. The summed E-state index contributed by atoms with van der Waals surface area (Å²) in [6.07, 6.45) is 3.37. The Morgan fingerprint density at radius 1 is 0.857 bits per heavy atom. The zero-order valence-corrected chi connectivity index (χ0v) is 16.1. The predicted octanol–water partition coefficient (Wildman–Crippen LogP) is 5.20. The van der Waals surface area contributed by atoms with E-state index in [0.717, 1.165) is 22.3 Å². The van der Waals surface area contributed by atoms with Crippen molar-refractivity contribution in [2.45, 2.75) is 26.2 Å². The van der Waals surface area contributed by atoms with Crippen molar-refractivity contribution in [2.75, 3.05) is 10.6 Å². The Morgan fingerprint density at radius 2 is 1.64 bits per heavy atom. The van der Waals surface area contributed by atoms with Crippen molar-refractivity contribution >= 4 is 34.0 Å². The van der Waals surface area contributed by atoms with Gasteiger partial charge in [0.05, 0.1) is 17.4 Å². The molecule has 0 bridgehead atoms. The fourth-order valence-electron chi connectivity index (χ4n) is 2.94. The molecule has 6 nitrogen and oxygen atoms in total. The van der Waals surface area contributed by atoms with Crippen LogP contribution in [0.25, 0.3) is 10.9 Å². The van der Waals surface area contributed by atoms with Gasteiger partial charge < -0.3 is 10.6 Å². The predicted molar refractivity (Wildman–Crippen MR) is 113 cm³/mol. The molecule has 0 fully saturated rings. The molecule has 0 saturated heterocycles. The molecule has 0 spiro atoms. The second-order valence-electron chi connectivity index (χ2n) is 7.62. The molecule has 4 aromatic rings. The molecule has 28 heavy (non-hydrogen) atoms. The molecule has 2 aromatic heterocycles. The highest BCUT2D eigenvalue weighted by Gasteiger charge is 2.13. The molecule has 0 aliphatic rings. The van der Waals surface area contributed by atoms with Crippen LogP contribution in [0.2, 0.25) is 0 Å². The van der Waals surface area contributed by atoms with Crippen molar-refractivity contribution < 1.29 is 0 Å². The lowest BCUT2D eigenvalue weighted by Crippen LogP contribution is -2.10. The minimum absolute atomic E-state index is 0.124. The third-order valence-electron chi connectivity index (χ3n) is 4.46. The molecule has 2 heterocycles. The first-order valence-corrected chi connectivity index (χ1v) is 9.17. The maximum atomic E-state index is 4.52. The summed E-state index contributed by atoms with van der Waals surface area (Å²) >= 11 is 0. The summed E-state index contributed by atoms with van der Waals surface area (Å²) in [5.74, 6) is 1.03. The lowest BCUT2D eigenvalue weighted by molar-refractivity contribution is 0.590. The number of benzene rings is 2. The number of aromatic nitrogens is 4. The van der Waals surface area contributed by atoms with Crippen LogP contribution in [-0.4, -0.2) is 20.2 Å². The van der Waals surface area contributed by atoms with Crippen LogP contribution in [-0.2, 0) is 5.41 Å². The van der Waals surface area contributed by atoms with Crippen LogP contribution in [0.5, 0.6) is 0 Å². The quantitative estimate of drug-likeness (QED) is 0.514. The van der Waals surface area contributed by atoms with Crippen molar-refractivity contribution in [3.8, 4) is 0 Å². The van der Waals surface area contributed by atoms with Gasteiger partial charge in [0.15, 0.2) is 5.82 Å². The number of anilines is 4. The third-order valence-corrected chi connectivity index (χ3v) is 4.46. The summed E-state index contributed by atoms with van der Waals surface area (Å²) in [6, 6.07) is 18.2. The molecule has 0 radical (unpaired) electrons. The lowest BCUT2D eigenvalue weighted by atomic mass is 9.87. The van der Waals surface area contributed by atoms with Crippen LogP contribution in [0, 0.1) is 0 Å². The molecule has 140 valence electrons. The monoisotopic (exact) mass is 370 g/mol. The minimum atomic E-state index is 0.124. The highest BCUT2D eigenvalue weighted by Crippen LogP contribution is 2.25. The number of pyridine rings is 1. The van der Waals surface area contributed by atoms with Crippen molar-refractivity contribution in [3.05, 3.63) is 72.6 Å². The summed E-state index contributed by atoms with van der Waals surface area (Å²) in [5.41, 5.74) is 4.06. The Labute approximate surface area is 164 Å². The number of hydrogen-bond acceptors (Lipinski definition) is 6. The van der Waals surface area contributed by atoms with Gasteiger partial charge >= 0.3 is 0 Å². The van der Waals surface area contributed by atoms with Gasteiger partial charge in [0.2, 0.25) is 5.95 Å². The highest BCUT2D eigenvalue weighted by atomic mass is 15.3. The van der Waals surface area contributed by atoms with Gasteiger partial charge in [-0.15, -0.1) is 5.10 Å². The van der Waals surface area contributed by atoms with Gasteiger partial charge in [-0.25, -0.2) is 0 Å². The maximum Gasteiger partial charge on any atom is 0.249 e. The Kier molecular flexibility index (Phi) is 4.61. The van der Waals surface area contributed by atoms with E-state index in [2.05, 4.69) is 63.7 Å². The van der Waals surface area contributed by atoms with Gasteiger partial charge in [-0.2, -0.15) is 10.1 Å². The smallest absolute Gasteiger partial charge is 0.249 e. The standard InChI is InChI=1S/C22H22N6/c1-22(2,3)16-9-11-17(12-10-16)25-19-14-24-28-21(27-19)26-18-8-4-6-15-7-5-13-23-20(15)18/h4-14H,1-3H3,(H2,25,26,27,28). The van der Waals surface area contributed by atoms with Gasteiger partial charge in [-0.3, -0.25) is 4.98 Å². The van der Waals surface area contributed by atoms with Crippen molar-refractivity contribution in [2.24, 2.45) is 0 Å². The molecule has 0 amide bonds. The molecule has 4 rings (SSSR count). The summed E-state index contributed by atoms with van der Waals surface area (Å²) in [5, 5.41) is 15.7. The first kappa shape index (κ1) is 17.9. The summed E-state index contributed by atoms with van der Waals surface area (Å²) in [7, 11) is 0. The third kappa shape index (κ3) is 3.91. The van der Waals surface area contributed by atoms with Crippen LogP contribution in [0.1, 0.15) is 26.3 Å². The Hall–Kier alpha value is -3.54. The van der Waals surface area contributed by atoms with E-state index in [1.54, 1.807) is 12.4 Å². The van der Waals surface area contributed by atoms with Crippen LogP contribution in [0.3, 0.4) is 0 Å². The Morgan fingerprint density at radius 3 is 2.43 bits per heavy atom. The molecule has 0 aliphatic heterocycles. The normalized spacial score (nSPS) is 11.4. The summed E-state index contributed by atoms with van der Waals surface area (Å²) in [6.45, 7) is 6.59. The summed E-state index contributed by atoms with van der Waals surface area (Å²) < 4.78 is 0. The van der Waals surface area contributed by atoms with E-state index in [1.165, 1.54) is 5.56 Å². The fraction of sp³-hybridized carbons (Fsp3) is 0.182. The number of fused-ring (bicyclic) bond motifs is 1. The average Bonchev–Trinajstić information content (AvgIpc) is 2.68. The molecule has 0 aliphatic carbocycles. The van der Waals surface area contributed by atoms with E-state index in [4.69, 9.17) is 0 Å². The van der Waals surface area contributed by atoms with Crippen molar-refractivity contribution in [1.82, 2.24) is 20.2 Å². The topological polar surface area (TPSA) is 75.6 Å². The molecule has 0 saturated carbocycles. The van der Waals surface area contributed by atoms with Crippen LogP contribution >= 0.6 is 0 Å². The minimum Gasteiger partial charge on any atom is -0.339 e. The van der Waals surface area contributed by atoms with E-state index in [9.17, 15) is 0 Å². The zero-order valence-electron chi connectivity index (χ0n) is 16.1. The van der Waals surface area contributed by atoms with Gasteiger partial charge in [0, 0.05) is 17.3 Å². The second kappa shape index (κ2) is 7.23. The Balaban J connectivity index is 1.55. The molecule has 2 aromatic carbocycles. The fourth-order valence-corrected chi connectivity index (χ4v) is 2.94. The number of rotatable bonds is 4. The SMILES string of the molecule is CC(C)(C)c1ccc(Nc2cnnc(Nc3cccc4cccnc34)n2)cc1. The highest BCUT2D eigenvalue weighted by molar-refractivity contribution is 5.91. The molecular weight excluding hydrogens is 348 g/mol. The van der Waals surface area contributed by atoms with Gasteiger partial charge in [-0.1, -0.05) is 51.1 Å². The number of hydrogen-bond donors (Lipinski definition) is 2. The summed E-state index contributed by atoms with van der Waals surface area (Å²) in [4.78, 5) is 8.96. The van der Waals surface area contributed by atoms with Gasteiger partial charge in [-0.05, 0) is 35.2 Å². The van der Waals surface area contributed by atoms with E-state index in [0.29, 0.717) is 11.8 Å². The van der Waals surface area contributed by atoms with Gasteiger partial charge in [0.25, 0.3) is 0 Å². The van der Waals surface area contributed by atoms with Crippen LogP contribution < -0.4 is 10.6 Å². The first-order chi connectivity index (χ1) is 13.5. The largest absolute Gasteiger partial charge is 0.339 e. The zero-order chi connectivity index (χ0) is 19.6. The van der Waals surface area contributed by atoms with E-state index < -0.39 is 0 Å². The van der Waals surface area contributed by atoms with Crippen LogP contribution in [0.15, 0.2) is 67.0 Å². The lowest BCUT2D eigenvalue weighted by Gasteiger charge is -2.19. The van der Waals surface area contributed by atoms with E-state index in [1.807, 2.05) is 42.5 Å². The molecule has 2 N–H and O–H groups in total. The molecule has 0 atom stereocenters. The van der Waals surface area contributed by atoms with Crippen LogP contribution in [0.4, 0.5) is 23.1 Å². The molecule has 0 unspecified atom stereocenters. The Bertz CT molecular complexity index is 1090. The number of nitrogens with zero attached hydrogens (tertiary/aromatic N) is 4.